The Morgan fingerprint density at radius 3 is 2.86 bits per heavy atom. The monoisotopic (exact) mass is 291 g/mol. The van der Waals surface area contributed by atoms with Crippen LogP contribution in [-0.2, 0) is 4.79 Å². The van der Waals surface area contributed by atoms with E-state index in [0.29, 0.717) is 23.6 Å². The van der Waals surface area contributed by atoms with Crippen molar-refractivity contribution in [2.75, 3.05) is 26.4 Å². The van der Waals surface area contributed by atoms with Gasteiger partial charge in [0.25, 0.3) is 5.91 Å². The minimum atomic E-state index is -0.518. The normalized spacial score (nSPS) is 19.5. The van der Waals surface area contributed by atoms with E-state index < -0.39 is 5.91 Å². The molecule has 2 aliphatic rings. The maximum atomic E-state index is 12.7. The van der Waals surface area contributed by atoms with Crippen LogP contribution >= 0.6 is 0 Å². The maximum absolute atomic E-state index is 12.7. The molecule has 1 saturated heterocycles. The Labute approximate surface area is 122 Å². The van der Waals surface area contributed by atoms with E-state index in [2.05, 4.69) is 5.32 Å². The summed E-state index contributed by atoms with van der Waals surface area (Å²) in [6.07, 6.45) is 0.809. The molecule has 3 N–H and O–H groups in total. The van der Waals surface area contributed by atoms with Crippen LogP contribution in [0.1, 0.15) is 16.8 Å². The van der Waals surface area contributed by atoms with Gasteiger partial charge in [0.2, 0.25) is 12.7 Å². The van der Waals surface area contributed by atoms with Crippen LogP contribution in [0.3, 0.4) is 0 Å². The summed E-state index contributed by atoms with van der Waals surface area (Å²) in [5, 5.41) is 3.18. The molecule has 0 bridgehead atoms. The largest absolute Gasteiger partial charge is 0.454 e. The summed E-state index contributed by atoms with van der Waals surface area (Å²) in [6, 6.07) is 4.99. The molecular formula is C14H17N3O4. The number of nitrogens with zero attached hydrogens (tertiary/aromatic N) is 1. The Morgan fingerprint density at radius 2 is 2.14 bits per heavy atom. The number of fused-ring (bicyclic) bond motifs is 1. The van der Waals surface area contributed by atoms with Gasteiger partial charge in [-0.3, -0.25) is 9.59 Å². The van der Waals surface area contributed by atoms with Gasteiger partial charge in [0, 0.05) is 18.2 Å². The number of benzene rings is 1. The second-order valence-corrected chi connectivity index (χ2v) is 5.11. The third-order valence-electron chi connectivity index (χ3n) is 3.68. The highest BCUT2D eigenvalue weighted by Crippen LogP contribution is 2.33. The first-order valence-corrected chi connectivity index (χ1v) is 6.85. The van der Waals surface area contributed by atoms with E-state index >= 15 is 0 Å². The van der Waals surface area contributed by atoms with E-state index in [1.165, 1.54) is 4.90 Å². The van der Waals surface area contributed by atoms with Gasteiger partial charge in [0.1, 0.15) is 0 Å². The molecule has 2 amide bonds. The van der Waals surface area contributed by atoms with E-state index in [0.717, 1.165) is 13.0 Å². The summed E-state index contributed by atoms with van der Waals surface area (Å²) >= 11 is 0. The fraction of sp³-hybridized carbons (Fsp3) is 0.429. The molecule has 1 fully saturated rings. The lowest BCUT2D eigenvalue weighted by molar-refractivity contribution is -0.119. The summed E-state index contributed by atoms with van der Waals surface area (Å²) in [5.41, 5.74) is 5.73. The van der Waals surface area contributed by atoms with Crippen LogP contribution in [0.25, 0.3) is 0 Å². The first-order chi connectivity index (χ1) is 10.1. The average molecular weight is 291 g/mol. The van der Waals surface area contributed by atoms with Crippen molar-refractivity contribution in [1.29, 1.82) is 0 Å². The van der Waals surface area contributed by atoms with Gasteiger partial charge in [0.05, 0.1) is 6.54 Å². The second-order valence-electron chi connectivity index (χ2n) is 5.11. The molecule has 1 aromatic rings. The summed E-state index contributed by atoms with van der Waals surface area (Å²) in [6.45, 7) is 1.57. The summed E-state index contributed by atoms with van der Waals surface area (Å²) in [4.78, 5) is 25.4. The Bertz CT molecular complexity index is 569. The smallest absolute Gasteiger partial charge is 0.254 e. The van der Waals surface area contributed by atoms with Gasteiger partial charge in [-0.05, 0) is 31.2 Å². The van der Waals surface area contributed by atoms with Crippen LogP contribution in [0, 0.1) is 0 Å². The van der Waals surface area contributed by atoms with Crippen LogP contribution in [0.4, 0.5) is 0 Å². The Morgan fingerprint density at radius 1 is 1.33 bits per heavy atom. The number of nitrogens with one attached hydrogen (secondary N) is 1. The Hall–Kier alpha value is -2.28. The van der Waals surface area contributed by atoms with Gasteiger partial charge in [-0.1, -0.05) is 0 Å². The number of carbonyl (C=O) groups is 2. The lowest BCUT2D eigenvalue weighted by atomic mass is 10.1. The van der Waals surface area contributed by atoms with Crippen LogP contribution in [0.15, 0.2) is 18.2 Å². The van der Waals surface area contributed by atoms with Gasteiger partial charge >= 0.3 is 0 Å². The summed E-state index contributed by atoms with van der Waals surface area (Å²) in [7, 11) is 0. The number of rotatable bonds is 4. The van der Waals surface area contributed by atoms with Crippen LogP contribution in [0.5, 0.6) is 11.5 Å². The molecule has 0 saturated carbocycles. The van der Waals surface area contributed by atoms with Gasteiger partial charge < -0.3 is 25.4 Å². The zero-order valence-corrected chi connectivity index (χ0v) is 11.5. The van der Waals surface area contributed by atoms with Crippen molar-refractivity contribution in [3.8, 4) is 11.5 Å². The highest BCUT2D eigenvalue weighted by Gasteiger charge is 2.29. The van der Waals surface area contributed by atoms with Crippen LogP contribution < -0.4 is 20.5 Å². The lowest BCUT2D eigenvalue weighted by Gasteiger charge is -2.27. The lowest BCUT2D eigenvalue weighted by Crippen LogP contribution is -2.46. The van der Waals surface area contributed by atoms with Crippen molar-refractivity contribution in [3.05, 3.63) is 23.8 Å². The molecule has 21 heavy (non-hydrogen) atoms. The van der Waals surface area contributed by atoms with Crippen LogP contribution in [0.2, 0.25) is 0 Å². The van der Waals surface area contributed by atoms with E-state index in [1.807, 2.05) is 0 Å². The van der Waals surface area contributed by atoms with Gasteiger partial charge in [0.15, 0.2) is 11.5 Å². The number of ether oxygens (including phenoxy) is 2. The van der Waals surface area contributed by atoms with E-state index in [-0.39, 0.29) is 25.3 Å². The Kier molecular flexibility index (Phi) is 3.66. The number of primary amides is 1. The second kappa shape index (κ2) is 5.61. The summed E-state index contributed by atoms with van der Waals surface area (Å²) < 4.78 is 10.5. The Balaban J connectivity index is 1.84. The minimum absolute atomic E-state index is 0.0181. The van der Waals surface area contributed by atoms with E-state index in [4.69, 9.17) is 15.2 Å². The molecule has 0 spiro atoms. The van der Waals surface area contributed by atoms with Gasteiger partial charge in [-0.15, -0.1) is 0 Å². The molecular weight excluding hydrogens is 274 g/mol. The predicted molar refractivity (Wildman–Crippen MR) is 74.1 cm³/mol. The fourth-order valence-corrected chi connectivity index (χ4v) is 2.64. The van der Waals surface area contributed by atoms with Crippen molar-refractivity contribution in [2.45, 2.75) is 12.5 Å². The number of hydrogen-bond donors (Lipinski definition) is 2. The van der Waals surface area contributed by atoms with E-state index in [9.17, 15) is 9.59 Å². The average Bonchev–Trinajstić information content (AvgIpc) is 3.13. The molecule has 1 unspecified atom stereocenters. The first-order valence-electron chi connectivity index (χ1n) is 6.85. The molecule has 1 aromatic carbocycles. The topological polar surface area (TPSA) is 93.9 Å². The molecule has 1 atom stereocenters. The maximum Gasteiger partial charge on any atom is 0.254 e. The molecule has 0 radical (unpaired) electrons. The van der Waals surface area contributed by atoms with Crippen molar-refractivity contribution in [1.82, 2.24) is 10.2 Å². The van der Waals surface area contributed by atoms with Crippen molar-refractivity contribution < 1.29 is 19.1 Å². The molecule has 2 heterocycles. The zero-order chi connectivity index (χ0) is 14.8. The van der Waals surface area contributed by atoms with Gasteiger partial charge in [-0.2, -0.15) is 0 Å². The number of amides is 2. The van der Waals surface area contributed by atoms with Crippen molar-refractivity contribution in [2.24, 2.45) is 5.73 Å². The van der Waals surface area contributed by atoms with E-state index in [1.54, 1.807) is 18.2 Å². The van der Waals surface area contributed by atoms with Gasteiger partial charge in [-0.25, -0.2) is 0 Å². The standard InChI is InChI=1S/C14H17N3O4/c15-13(18)7-17(10-3-4-16-6-10)14(19)9-1-2-11-12(5-9)21-8-20-11/h1-2,5,10,16H,3-4,6-8H2,(H2,15,18). The molecule has 3 rings (SSSR count). The summed E-state index contributed by atoms with van der Waals surface area (Å²) in [5.74, 6) is 0.428. The minimum Gasteiger partial charge on any atom is -0.454 e. The van der Waals surface area contributed by atoms with Crippen molar-refractivity contribution >= 4 is 11.8 Å². The third-order valence-corrected chi connectivity index (χ3v) is 3.68. The molecule has 2 aliphatic heterocycles. The molecule has 7 nitrogen and oxygen atoms in total. The molecule has 0 aliphatic carbocycles. The fourth-order valence-electron chi connectivity index (χ4n) is 2.64. The zero-order valence-electron chi connectivity index (χ0n) is 11.5. The third kappa shape index (κ3) is 2.78. The molecule has 112 valence electrons. The molecule has 0 aromatic heterocycles. The predicted octanol–water partition coefficient (Wildman–Crippen LogP) is -0.295. The molecule has 7 heteroatoms. The SMILES string of the molecule is NC(=O)CN(C(=O)c1ccc2c(c1)OCO2)C1CCNC1. The number of carbonyl (C=O) groups excluding carboxylic acids is 2. The van der Waals surface area contributed by atoms with Crippen molar-refractivity contribution in [3.63, 3.8) is 0 Å². The highest BCUT2D eigenvalue weighted by molar-refractivity contribution is 5.97. The number of nitrogens with two attached hydrogens (primary N) is 1. The highest BCUT2D eigenvalue weighted by atomic mass is 16.7. The quantitative estimate of drug-likeness (QED) is 0.794. The van der Waals surface area contributed by atoms with Crippen LogP contribution in [-0.4, -0.2) is 49.2 Å². The number of hydrogen-bond acceptors (Lipinski definition) is 5. The first kappa shape index (κ1) is 13.7.